The molecule has 15 heavy (non-hydrogen) atoms. The average molecular weight is 212 g/mol. The van der Waals surface area contributed by atoms with Gasteiger partial charge < -0.3 is 15.3 Å². The highest BCUT2D eigenvalue weighted by atomic mass is 16.5. The molecule has 2 N–H and O–H groups in total. The fraction of sp³-hybridized carbons (Fsp3) is 0.636. The summed E-state index contributed by atoms with van der Waals surface area (Å²) in [4.78, 5) is 0. The number of hydrogen-bond acceptors (Lipinski definition) is 3. The van der Waals surface area contributed by atoms with Gasteiger partial charge in [0.25, 0.3) is 0 Å². The third kappa shape index (κ3) is 5.44. The fourth-order valence-corrected chi connectivity index (χ4v) is 1.06. The third-order valence-corrected chi connectivity index (χ3v) is 1.82. The first-order valence-corrected chi connectivity index (χ1v) is 5.16. The summed E-state index contributed by atoms with van der Waals surface area (Å²) < 4.78 is 7.27. The Morgan fingerprint density at radius 3 is 2.47 bits per heavy atom. The summed E-state index contributed by atoms with van der Waals surface area (Å²) in [6.07, 6.45) is 3.28. The van der Waals surface area contributed by atoms with Gasteiger partial charge in [-0.2, -0.15) is 0 Å². The molecule has 0 fully saturated rings. The third-order valence-electron chi connectivity index (χ3n) is 1.82. The van der Waals surface area contributed by atoms with Crippen molar-refractivity contribution in [2.24, 2.45) is 0 Å². The van der Waals surface area contributed by atoms with E-state index in [0.717, 1.165) is 0 Å². The molecule has 4 heteroatoms. The molecule has 0 bridgehead atoms. The van der Waals surface area contributed by atoms with E-state index in [0.29, 0.717) is 13.2 Å². The summed E-state index contributed by atoms with van der Waals surface area (Å²) >= 11 is 0. The standard InChI is InChI=1S/C11H20N2O2/c1-11(2,3)15-9-10(14)8-12-13-6-4-5-7-13/h4-7,10,12,14H,8-9H2,1-3H3. The summed E-state index contributed by atoms with van der Waals surface area (Å²) in [5.41, 5.74) is 2.85. The van der Waals surface area contributed by atoms with Crippen molar-refractivity contribution >= 4 is 0 Å². The van der Waals surface area contributed by atoms with Gasteiger partial charge in [-0.05, 0) is 32.9 Å². The summed E-state index contributed by atoms with van der Waals surface area (Å²) in [6, 6.07) is 3.84. The van der Waals surface area contributed by atoms with Crippen LogP contribution in [0, 0.1) is 0 Å². The SMILES string of the molecule is CC(C)(C)OCC(O)CNn1cccc1. The highest BCUT2D eigenvalue weighted by molar-refractivity contribution is 4.93. The van der Waals surface area contributed by atoms with Crippen molar-refractivity contribution in [3.63, 3.8) is 0 Å². The Morgan fingerprint density at radius 1 is 1.33 bits per heavy atom. The number of nitrogens with zero attached hydrogens (tertiary/aromatic N) is 1. The first-order chi connectivity index (χ1) is 6.97. The molecule has 1 atom stereocenters. The lowest BCUT2D eigenvalue weighted by atomic mass is 10.2. The van der Waals surface area contributed by atoms with Crippen molar-refractivity contribution in [2.45, 2.75) is 32.5 Å². The molecule has 0 radical (unpaired) electrons. The second kappa shape index (κ2) is 5.19. The van der Waals surface area contributed by atoms with Crippen LogP contribution >= 0.6 is 0 Å². The summed E-state index contributed by atoms with van der Waals surface area (Å²) in [6.45, 7) is 6.74. The first-order valence-electron chi connectivity index (χ1n) is 5.16. The molecule has 0 aliphatic carbocycles. The molecule has 1 heterocycles. The number of hydrogen-bond donors (Lipinski definition) is 2. The van der Waals surface area contributed by atoms with E-state index in [1.54, 1.807) is 4.68 Å². The Bertz CT molecular complexity index is 265. The van der Waals surface area contributed by atoms with Gasteiger partial charge in [-0.1, -0.05) is 0 Å². The van der Waals surface area contributed by atoms with Crippen LogP contribution in [0.4, 0.5) is 0 Å². The van der Waals surface area contributed by atoms with Gasteiger partial charge in [0.1, 0.15) is 0 Å². The lowest BCUT2D eigenvalue weighted by Gasteiger charge is -2.22. The van der Waals surface area contributed by atoms with E-state index < -0.39 is 6.10 Å². The quantitative estimate of drug-likeness (QED) is 0.771. The maximum Gasteiger partial charge on any atom is 0.0961 e. The normalized spacial score (nSPS) is 13.9. The lowest BCUT2D eigenvalue weighted by molar-refractivity contribution is -0.0455. The number of nitrogens with one attached hydrogen (secondary N) is 1. The van der Waals surface area contributed by atoms with E-state index in [-0.39, 0.29) is 5.60 Å². The molecule has 0 aliphatic heterocycles. The molecule has 4 nitrogen and oxygen atoms in total. The van der Waals surface area contributed by atoms with Gasteiger partial charge in [-0.15, -0.1) is 0 Å². The van der Waals surface area contributed by atoms with E-state index in [4.69, 9.17) is 4.74 Å². The van der Waals surface area contributed by atoms with Crippen molar-refractivity contribution in [3.05, 3.63) is 24.5 Å². The Hall–Kier alpha value is -1.00. The largest absolute Gasteiger partial charge is 0.389 e. The van der Waals surface area contributed by atoms with Crippen LogP contribution in [0.2, 0.25) is 0 Å². The predicted octanol–water partition coefficient (Wildman–Crippen LogP) is 1.21. The van der Waals surface area contributed by atoms with E-state index in [1.807, 2.05) is 45.3 Å². The molecule has 0 amide bonds. The molecule has 0 aliphatic rings. The van der Waals surface area contributed by atoms with Gasteiger partial charge in [0.15, 0.2) is 0 Å². The minimum absolute atomic E-state index is 0.200. The molecular formula is C11H20N2O2. The maximum absolute atomic E-state index is 9.61. The first kappa shape index (κ1) is 12.1. The van der Waals surface area contributed by atoms with Crippen LogP contribution in [0.5, 0.6) is 0 Å². The monoisotopic (exact) mass is 212 g/mol. The Balaban J connectivity index is 2.16. The number of aliphatic hydroxyl groups is 1. The van der Waals surface area contributed by atoms with Crippen molar-refractivity contribution in [2.75, 3.05) is 18.6 Å². The van der Waals surface area contributed by atoms with Gasteiger partial charge >= 0.3 is 0 Å². The highest BCUT2D eigenvalue weighted by Crippen LogP contribution is 2.06. The van der Waals surface area contributed by atoms with Crippen molar-refractivity contribution < 1.29 is 9.84 Å². The predicted molar refractivity (Wildman–Crippen MR) is 60.4 cm³/mol. The van der Waals surface area contributed by atoms with Gasteiger partial charge in [-0.3, -0.25) is 4.68 Å². The van der Waals surface area contributed by atoms with Crippen molar-refractivity contribution in [1.29, 1.82) is 0 Å². The second-order valence-electron chi connectivity index (χ2n) is 4.53. The Morgan fingerprint density at radius 2 is 1.93 bits per heavy atom. The van der Waals surface area contributed by atoms with Gasteiger partial charge in [0, 0.05) is 12.4 Å². The molecule has 86 valence electrons. The second-order valence-corrected chi connectivity index (χ2v) is 4.53. The van der Waals surface area contributed by atoms with Crippen LogP contribution in [0.1, 0.15) is 20.8 Å². The van der Waals surface area contributed by atoms with Crippen LogP contribution in [0.3, 0.4) is 0 Å². The van der Waals surface area contributed by atoms with Crippen LogP contribution in [0.25, 0.3) is 0 Å². The molecule has 0 spiro atoms. The highest BCUT2D eigenvalue weighted by Gasteiger charge is 2.13. The molecule has 0 saturated carbocycles. The van der Waals surface area contributed by atoms with E-state index in [9.17, 15) is 5.11 Å². The van der Waals surface area contributed by atoms with Crippen molar-refractivity contribution in [3.8, 4) is 0 Å². The fourth-order valence-electron chi connectivity index (χ4n) is 1.06. The van der Waals surface area contributed by atoms with Crippen molar-refractivity contribution in [1.82, 2.24) is 4.68 Å². The van der Waals surface area contributed by atoms with Gasteiger partial charge in [0.05, 0.1) is 24.9 Å². The molecule has 1 rings (SSSR count). The molecular weight excluding hydrogens is 192 g/mol. The Kier molecular flexibility index (Phi) is 4.17. The number of ether oxygens (including phenoxy) is 1. The molecule has 1 aromatic heterocycles. The molecule has 1 aromatic rings. The smallest absolute Gasteiger partial charge is 0.0961 e. The zero-order valence-electron chi connectivity index (χ0n) is 9.60. The molecule has 0 aromatic carbocycles. The average Bonchev–Trinajstić information content (AvgIpc) is 2.62. The number of rotatable bonds is 5. The van der Waals surface area contributed by atoms with Crippen LogP contribution in [-0.4, -0.2) is 34.6 Å². The van der Waals surface area contributed by atoms with E-state index in [2.05, 4.69) is 5.43 Å². The van der Waals surface area contributed by atoms with Gasteiger partial charge in [-0.25, -0.2) is 0 Å². The van der Waals surface area contributed by atoms with Gasteiger partial charge in [0.2, 0.25) is 0 Å². The summed E-state index contributed by atoms with van der Waals surface area (Å²) in [5, 5.41) is 9.61. The zero-order chi connectivity index (χ0) is 11.3. The number of aliphatic hydroxyl groups excluding tert-OH is 1. The lowest BCUT2D eigenvalue weighted by Crippen LogP contribution is -2.32. The topological polar surface area (TPSA) is 46.4 Å². The molecule has 0 saturated heterocycles. The minimum atomic E-state index is -0.494. The Labute approximate surface area is 90.8 Å². The summed E-state index contributed by atoms with van der Waals surface area (Å²) in [5.74, 6) is 0. The minimum Gasteiger partial charge on any atom is -0.389 e. The van der Waals surface area contributed by atoms with Crippen LogP contribution in [0.15, 0.2) is 24.5 Å². The van der Waals surface area contributed by atoms with E-state index in [1.165, 1.54) is 0 Å². The molecule has 1 unspecified atom stereocenters. The zero-order valence-corrected chi connectivity index (χ0v) is 9.60. The maximum atomic E-state index is 9.61. The summed E-state index contributed by atoms with van der Waals surface area (Å²) in [7, 11) is 0. The van der Waals surface area contributed by atoms with E-state index >= 15 is 0 Å². The van der Waals surface area contributed by atoms with Crippen LogP contribution < -0.4 is 5.43 Å². The number of aromatic nitrogens is 1. The van der Waals surface area contributed by atoms with Crippen LogP contribution in [-0.2, 0) is 4.74 Å².